The van der Waals surface area contributed by atoms with Gasteiger partial charge in [0.05, 0.1) is 11.1 Å². The lowest BCUT2D eigenvalue weighted by Crippen LogP contribution is -2.12. The molecule has 8 heteroatoms. The summed E-state index contributed by atoms with van der Waals surface area (Å²) in [6.45, 7) is 0. The van der Waals surface area contributed by atoms with E-state index in [1.807, 2.05) is 0 Å². The Morgan fingerprint density at radius 1 is 0.773 bits per heavy atom. The molecule has 0 fully saturated rings. The molecule has 0 aliphatic rings. The summed E-state index contributed by atoms with van der Waals surface area (Å²) in [6, 6.07) is 5.48. The van der Waals surface area contributed by atoms with Gasteiger partial charge in [0.25, 0.3) is 0 Å². The van der Waals surface area contributed by atoms with Gasteiger partial charge < -0.3 is 21.7 Å². The van der Waals surface area contributed by atoms with E-state index >= 15 is 0 Å². The summed E-state index contributed by atoms with van der Waals surface area (Å²) >= 11 is 0. The predicted octanol–water partition coefficient (Wildman–Crippen LogP) is 0.600. The van der Waals surface area contributed by atoms with E-state index in [1.54, 1.807) is 0 Å². The minimum absolute atomic E-state index is 0.190. The van der Waals surface area contributed by atoms with Crippen LogP contribution in [0.3, 0.4) is 0 Å². The molecule has 120 valence electrons. The van der Waals surface area contributed by atoms with E-state index in [9.17, 15) is 19.2 Å². The summed E-state index contributed by atoms with van der Waals surface area (Å²) in [7, 11) is 0. The highest BCUT2D eigenvalue weighted by Gasteiger charge is 2.13. The predicted molar refractivity (Wildman–Crippen MR) is 77.2 cm³/mol. The minimum Gasteiger partial charge on any atom is -0.478 e. The molecule has 0 unspecified atom stereocenters. The zero-order valence-electron chi connectivity index (χ0n) is 11.8. The van der Waals surface area contributed by atoms with Gasteiger partial charge in [0.1, 0.15) is 0 Å². The highest BCUT2D eigenvalue weighted by atomic mass is 16.4. The van der Waals surface area contributed by atoms with Crippen molar-refractivity contribution in [2.24, 2.45) is 11.5 Å². The Bertz CT molecular complexity index is 507. The fourth-order valence-corrected chi connectivity index (χ4v) is 1.45. The van der Waals surface area contributed by atoms with Gasteiger partial charge in [-0.05, 0) is 25.0 Å². The minimum atomic E-state index is -1.23. The average Bonchev–Trinajstić information content (AvgIpc) is 2.44. The standard InChI is InChI=1S/C8H6O4.C6H12N2O2/c9-7(10)5-3-1-2-4-6(5)8(11)12;7-5(9)3-1-2-4-6(8)10/h1-4H,(H,9,10)(H,11,12);1-4H2,(H2,7,9)(H2,8,10). The molecule has 0 spiro atoms. The maximum Gasteiger partial charge on any atom is 0.336 e. The smallest absolute Gasteiger partial charge is 0.336 e. The van der Waals surface area contributed by atoms with Gasteiger partial charge in [-0.3, -0.25) is 9.59 Å². The fourth-order valence-electron chi connectivity index (χ4n) is 1.45. The van der Waals surface area contributed by atoms with Gasteiger partial charge in [0.2, 0.25) is 11.8 Å². The lowest BCUT2D eigenvalue weighted by Gasteiger charge is -1.98. The summed E-state index contributed by atoms with van der Waals surface area (Å²) < 4.78 is 0. The van der Waals surface area contributed by atoms with Crippen LogP contribution in [-0.2, 0) is 9.59 Å². The molecule has 8 nitrogen and oxygen atoms in total. The molecule has 0 aliphatic heterocycles. The third-order valence-corrected chi connectivity index (χ3v) is 2.48. The van der Waals surface area contributed by atoms with Crippen molar-refractivity contribution in [3.05, 3.63) is 35.4 Å². The number of hydrogen-bond donors (Lipinski definition) is 4. The van der Waals surface area contributed by atoms with Crippen LogP contribution in [0.5, 0.6) is 0 Å². The van der Waals surface area contributed by atoms with Gasteiger partial charge in [0, 0.05) is 12.8 Å². The number of carbonyl (C=O) groups excluding carboxylic acids is 2. The topological polar surface area (TPSA) is 161 Å². The van der Waals surface area contributed by atoms with E-state index < -0.39 is 11.9 Å². The third kappa shape index (κ3) is 8.31. The fraction of sp³-hybridized carbons (Fsp3) is 0.286. The van der Waals surface area contributed by atoms with Crippen LogP contribution < -0.4 is 11.5 Å². The van der Waals surface area contributed by atoms with Gasteiger partial charge in [-0.25, -0.2) is 9.59 Å². The molecule has 0 bridgehead atoms. The maximum absolute atomic E-state index is 10.5. The lowest BCUT2D eigenvalue weighted by atomic mass is 10.1. The Labute approximate surface area is 126 Å². The number of nitrogens with two attached hydrogens (primary N) is 2. The number of carboxylic acid groups (broad SMARTS) is 2. The van der Waals surface area contributed by atoms with Crippen molar-refractivity contribution in [3.63, 3.8) is 0 Å². The van der Waals surface area contributed by atoms with Crippen molar-refractivity contribution in [1.29, 1.82) is 0 Å². The van der Waals surface area contributed by atoms with E-state index in [1.165, 1.54) is 24.3 Å². The van der Waals surface area contributed by atoms with Crippen LogP contribution >= 0.6 is 0 Å². The van der Waals surface area contributed by atoms with Crippen LogP contribution in [0.4, 0.5) is 0 Å². The molecule has 22 heavy (non-hydrogen) atoms. The molecule has 2 amide bonds. The molecule has 1 aromatic rings. The normalized spacial score (nSPS) is 9.27. The monoisotopic (exact) mass is 310 g/mol. The maximum atomic E-state index is 10.5. The quantitative estimate of drug-likeness (QED) is 0.539. The molecule has 0 saturated carbocycles. The van der Waals surface area contributed by atoms with Crippen LogP contribution in [0.15, 0.2) is 24.3 Å². The third-order valence-electron chi connectivity index (χ3n) is 2.48. The summed E-state index contributed by atoms with van der Waals surface area (Å²) in [6.07, 6.45) is 1.98. The Kier molecular flexibility index (Phi) is 8.61. The highest BCUT2D eigenvalue weighted by molar-refractivity contribution is 6.01. The van der Waals surface area contributed by atoms with Gasteiger partial charge in [-0.2, -0.15) is 0 Å². The average molecular weight is 310 g/mol. The summed E-state index contributed by atoms with van der Waals surface area (Å²) in [5.41, 5.74) is 9.33. The first-order valence-electron chi connectivity index (χ1n) is 6.38. The number of unbranched alkanes of at least 4 members (excludes halogenated alkanes) is 1. The second-order valence-electron chi connectivity index (χ2n) is 4.30. The summed E-state index contributed by atoms with van der Waals surface area (Å²) in [5, 5.41) is 17.1. The van der Waals surface area contributed by atoms with E-state index in [2.05, 4.69) is 0 Å². The second-order valence-corrected chi connectivity index (χ2v) is 4.30. The van der Waals surface area contributed by atoms with Crippen LogP contribution in [0.25, 0.3) is 0 Å². The molecular formula is C14H18N2O6. The van der Waals surface area contributed by atoms with E-state index in [0.29, 0.717) is 25.7 Å². The molecule has 1 aromatic carbocycles. The van der Waals surface area contributed by atoms with Crippen LogP contribution in [0.1, 0.15) is 46.4 Å². The first kappa shape index (κ1) is 19.1. The number of rotatable bonds is 7. The van der Waals surface area contributed by atoms with Crippen LogP contribution in [-0.4, -0.2) is 34.0 Å². The zero-order valence-corrected chi connectivity index (χ0v) is 11.8. The van der Waals surface area contributed by atoms with E-state index in [0.717, 1.165) is 0 Å². The Hall–Kier alpha value is -2.90. The van der Waals surface area contributed by atoms with E-state index in [-0.39, 0.29) is 22.9 Å². The first-order valence-corrected chi connectivity index (χ1v) is 6.38. The molecule has 0 heterocycles. The second kappa shape index (κ2) is 9.92. The molecule has 0 aromatic heterocycles. The number of aromatic carboxylic acids is 2. The van der Waals surface area contributed by atoms with Crippen molar-refractivity contribution in [2.45, 2.75) is 25.7 Å². The zero-order chi connectivity index (χ0) is 17.1. The van der Waals surface area contributed by atoms with Gasteiger partial charge in [-0.1, -0.05) is 12.1 Å². The van der Waals surface area contributed by atoms with Crippen LogP contribution in [0, 0.1) is 0 Å². The highest BCUT2D eigenvalue weighted by Crippen LogP contribution is 2.07. The van der Waals surface area contributed by atoms with Gasteiger partial charge in [-0.15, -0.1) is 0 Å². The first-order chi connectivity index (χ1) is 10.3. The molecule has 0 atom stereocenters. The van der Waals surface area contributed by atoms with Crippen molar-refractivity contribution in [3.8, 4) is 0 Å². The van der Waals surface area contributed by atoms with Crippen molar-refractivity contribution >= 4 is 23.8 Å². The van der Waals surface area contributed by atoms with Crippen LogP contribution in [0.2, 0.25) is 0 Å². The molecule has 0 aliphatic carbocycles. The number of benzene rings is 1. The number of amides is 2. The number of hydrogen-bond acceptors (Lipinski definition) is 4. The van der Waals surface area contributed by atoms with E-state index in [4.69, 9.17) is 21.7 Å². The summed E-state index contributed by atoms with van der Waals surface area (Å²) in [4.78, 5) is 41.2. The Morgan fingerprint density at radius 3 is 1.32 bits per heavy atom. The SMILES string of the molecule is NC(=O)CCCCC(N)=O.O=C(O)c1ccccc1C(=O)O. The van der Waals surface area contributed by atoms with Gasteiger partial charge in [0.15, 0.2) is 0 Å². The molecule has 0 radical (unpaired) electrons. The summed E-state index contributed by atoms with van der Waals surface area (Å²) in [5.74, 6) is -3.12. The largest absolute Gasteiger partial charge is 0.478 e. The number of carbonyl (C=O) groups is 4. The Balaban J connectivity index is 0.000000409. The van der Waals surface area contributed by atoms with Crippen molar-refractivity contribution in [2.75, 3.05) is 0 Å². The Morgan fingerprint density at radius 2 is 1.09 bits per heavy atom. The van der Waals surface area contributed by atoms with Crippen molar-refractivity contribution in [1.82, 2.24) is 0 Å². The van der Waals surface area contributed by atoms with Gasteiger partial charge >= 0.3 is 11.9 Å². The molecular weight excluding hydrogens is 292 g/mol. The number of primary amides is 2. The molecule has 1 rings (SSSR count). The van der Waals surface area contributed by atoms with Crippen molar-refractivity contribution < 1.29 is 29.4 Å². The molecule has 6 N–H and O–H groups in total. The number of carboxylic acids is 2. The molecule has 0 saturated heterocycles. The lowest BCUT2D eigenvalue weighted by molar-refractivity contribution is -0.119.